The van der Waals surface area contributed by atoms with Crippen LogP contribution in [0.1, 0.15) is 24.2 Å². The van der Waals surface area contributed by atoms with Crippen LogP contribution in [0.4, 0.5) is 11.4 Å². The Bertz CT molecular complexity index is 1280. The van der Waals surface area contributed by atoms with Crippen molar-refractivity contribution in [2.45, 2.75) is 31.8 Å². The van der Waals surface area contributed by atoms with Gasteiger partial charge >= 0.3 is 0 Å². The lowest BCUT2D eigenvalue weighted by molar-refractivity contribution is -0.115. The Morgan fingerprint density at radius 3 is 2.43 bits per heavy atom. The zero-order chi connectivity index (χ0) is 25.5. The van der Waals surface area contributed by atoms with Crippen molar-refractivity contribution in [3.63, 3.8) is 0 Å². The van der Waals surface area contributed by atoms with Gasteiger partial charge in [0.1, 0.15) is 11.6 Å². The Labute approximate surface area is 217 Å². The summed E-state index contributed by atoms with van der Waals surface area (Å²) in [6.07, 6.45) is 2.44. The van der Waals surface area contributed by atoms with Crippen LogP contribution in [-0.4, -0.2) is 47.3 Å². The van der Waals surface area contributed by atoms with Gasteiger partial charge in [-0.15, -0.1) is 0 Å². The van der Waals surface area contributed by atoms with Crippen molar-refractivity contribution >= 4 is 17.3 Å². The fraction of sp³-hybridized carbons (Fsp3) is 0.276. The number of hydrogen-bond donors (Lipinski definition) is 3. The van der Waals surface area contributed by atoms with Crippen LogP contribution in [0.15, 0.2) is 78.9 Å². The number of piperidine rings is 1. The number of carbonyl (C=O) groups is 1. The normalized spacial score (nSPS) is 13.9. The molecule has 2 heterocycles. The van der Waals surface area contributed by atoms with E-state index in [1.165, 1.54) is 5.69 Å². The topological polar surface area (TPSA) is 95.2 Å². The molecule has 0 radical (unpaired) electrons. The number of aromatic nitrogens is 3. The van der Waals surface area contributed by atoms with Gasteiger partial charge in [0.05, 0.1) is 20.1 Å². The lowest BCUT2D eigenvalue weighted by Gasteiger charge is -2.34. The lowest BCUT2D eigenvalue weighted by atomic mass is 10.0. The van der Waals surface area contributed by atoms with Gasteiger partial charge in [-0.3, -0.25) is 9.89 Å². The van der Waals surface area contributed by atoms with Crippen LogP contribution in [-0.2, 0) is 17.8 Å². The second-order valence-corrected chi connectivity index (χ2v) is 9.23. The van der Waals surface area contributed by atoms with Crippen molar-refractivity contribution in [1.29, 1.82) is 0 Å². The SMILES string of the molecule is COc1ccc(CC(=O)Nc2ccc(N3CCC(NCc4nc(-c5ccccc5)n[nH]4)CC3)cc2)cc1. The highest BCUT2D eigenvalue weighted by Crippen LogP contribution is 2.23. The number of benzene rings is 3. The molecule has 8 nitrogen and oxygen atoms in total. The maximum atomic E-state index is 12.4. The van der Waals surface area contributed by atoms with Gasteiger partial charge in [0.25, 0.3) is 0 Å². The Morgan fingerprint density at radius 2 is 1.73 bits per heavy atom. The van der Waals surface area contributed by atoms with E-state index in [1.54, 1.807) is 7.11 Å². The number of carbonyl (C=O) groups excluding carboxylic acids is 1. The summed E-state index contributed by atoms with van der Waals surface area (Å²) < 4.78 is 5.17. The van der Waals surface area contributed by atoms with E-state index in [2.05, 4.69) is 42.8 Å². The van der Waals surface area contributed by atoms with Crippen LogP contribution >= 0.6 is 0 Å². The van der Waals surface area contributed by atoms with E-state index in [0.717, 1.165) is 60.1 Å². The third-order valence-electron chi connectivity index (χ3n) is 6.66. The largest absolute Gasteiger partial charge is 0.497 e. The van der Waals surface area contributed by atoms with Gasteiger partial charge in [-0.05, 0) is 54.8 Å². The molecule has 4 aromatic rings. The smallest absolute Gasteiger partial charge is 0.228 e. The summed E-state index contributed by atoms with van der Waals surface area (Å²) in [7, 11) is 1.63. The molecular formula is C29H32N6O2. The van der Waals surface area contributed by atoms with E-state index in [1.807, 2.05) is 66.7 Å². The summed E-state index contributed by atoms with van der Waals surface area (Å²) in [4.78, 5) is 19.4. The van der Waals surface area contributed by atoms with Crippen LogP contribution in [0.5, 0.6) is 5.75 Å². The van der Waals surface area contributed by atoms with Crippen molar-refractivity contribution in [3.05, 3.63) is 90.3 Å². The fourth-order valence-electron chi connectivity index (χ4n) is 4.56. The monoisotopic (exact) mass is 496 g/mol. The summed E-state index contributed by atoms with van der Waals surface area (Å²) in [5.41, 5.74) is 3.95. The highest BCUT2D eigenvalue weighted by Gasteiger charge is 2.19. The molecule has 190 valence electrons. The van der Waals surface area contributed by atoms with Crippen molar-refractivity contribution in [1.82, 2.24) is 20.5 Å². The van der Waals surface area contributed by atoms with Crippen LogP contribution in [0.3, 0.4) is 0 Å². The molecule has 0 bridgehead atoms. The highest BCUT2D eigenvalue weighted by atomic mass is 16.5. The first-order valence-corrected chi connectivity index (χ1v) is 12.6. The molecule has 1 amide bonds. The summed E-state index contributed by atoms with van der Waals surface area (Å²) >= 11 is 0. The number of aromatic amines is 1. The lowest BCUT2D eigenvalue weighted by Crippen LogP contribution is -2.42. The van der Waals surface area contributed by atoms with Crippen molar-refractivity contribution in [2.75, 3.05) is 30.4 Å². The van der Waals surface area contributed by atoms with E-state index < -0.39 is 0 Å². The van der Waals surface area contributed by atoms with E-state index >= 15 is 0 Å². The van der Waals surface area contributed by atoms with Crippen LogP contribution in [0.25, 0.3) is 11.4 Å². The Hall–Kier alpha value is -4.17. The number of rotatable bonds is 9. The average molecular weight is 497 g/mol. The second-order valence-electron chi connectivity index (χ2n) is 9.23. The number of ether oxygens (including phenoxy) is 1. The van der Waals surface area contributed by atoms with Crippen molar-refractivity contribution in [2.24, 2.45) is 0 Å². The number of amides is 1. The molecule has 1 aliphatic heterocycles. The first-order chi connectivity index (χ1) is 18.2. The van der Waals surface area contributed by atoms with E-state index in [9.17, 15) is 4.79 Å². The predicted molar refractivity (Wildman–Crippen MR) is 146 cm³/mol. The molecule has 0 unspecified atom stereocenters. The molecule has 1 saturated heterocycles. The number of methoxy groups -OCH3 is 1. The number of anilines is 2. The molecule has 1 aromatic heterocycles. The number of H-pyrrole nitrogens is 1. The molecule has 0 aliphatic carbocycles. The zero-order valence-electron chi connectivity index (χ0n) is 21.0. The number of nitrogens with zero attached hydrogens (tertiary/aromatic N) is 3. The van der Waals surface area contributed by atoms with Crippen LogP contribution in [0.2, 0.25) is 0 Å². The first-order valence-electron chi connectivity index (χ1n) is 12.6. The second kappa shape index (κ2) is 11.7. The molecule has 8 heteroatoms. The maximum Gasteiger partial charge on any atom is 0.228 e. The molecule has 3 N–H and O–H groups in total. The minimum Gasteiger partial charge on any atom is -0.497 e. The molecule has 5 rings (SSSR count). The summed E-state index contributed by atoms with van der Waals surface area (Å²) in [5.74, 6) is 2.33. The highest BCUT2D eigenvalue weighted by molar-refractivity contribution is 5.92. The van der Waals surface area contributed by atoms with Gasteiger partial charge in [-0.25, -0.2) is 4.98 Å². The van der Waals surface area contributed by atoms with Gasteiger partial charge in [0, 0.05) is 36.1 Å². The Kier molecular flexibility index (Phi) is 7.76. The third kappa shape index (κ3) is 6.54. The van der Waals surface area contributed by atoms with Gasteiger partial charge in [-0.1, -0.05) is 42.5 Å². The quantitative estimate of drug-likeness (QED) is 0.318. The van der Waals surface area contributed by atoms with E-state index in [-0.39, 0.29) is 5.91 Å². The van der Waals surface area contributed by atoms with Gasteiger partial charge in [0.15, 0.2) is 5.82 Å². The van der Waals surface area contributed by atoms with Crippen molar-refractivity contribution < 1.29 is 9.53 Å². The van der Waals surface area contributed by atoms with E-state index in [0.29, 0.717) is 19.0 Å². The Morgan fingerprint density at radius 1 is 1.00 bits per heavy atom. The Balaban J connectivity index is 1.06. The molecule has 1 aliphatic rings. The average Bonchev–Trinajstić information content (AvgIpc) is 3.43. The molecule has 0 spiro atoms. The standard InChI is InChI=1S/C29H32N6O2/c1-37-26-13-7-21(8-14-26)19-28(36)31-24-9-11-25(12-10-24)35-17-15-23(16-18-35)30-20-27-32-29(34-33-27)22-5-3-2-4-6-22/h2-14,23,30H,15-20H2,1H3,(H,31,36)(H,32,33,34). The molecule has 3 aromatic carbocycles. The minimum atomic E-state index is -0.0348. The zero-order valence-corrected chi connectivity index (χ0v) is 21.0. The van der Waals surface area contributed by atoms with Gasteiger partial charge < -0.3 is 20.3 Å². The summed E-state index contributed by atoms with van der Waals surface area (Å²) in [6, 6.07) is 26.1. The van der Waals surface area contributed by atoms with Crippen LogP contribution in [0, 0.1) is 0 Å². The molecule has 0 saturated carbocycles. The number of hydrogen-bond acceptors (Lipinski definition) is 6. The van der Waals surface area contributed by atoms with Crippen LogP contribution < -0.4 is 20.3 Å². The predicted octanol–water partition coefficient (Wildman–Crippen LogP) is 4.42. The van der Waals surface area contributed by atoms with E-state index in [4.69, 9.17) is 4.74 Å². The summed E-state index contributed by atoms with van der Waals surface area (Å²) in [6.45, 7) is 2.63. The van der Waals surface area contributed by atoms with Gasteiger partial charge in [0.2, 0.25) is 5.91 Å². The maximum absolute atomic E-state index is 12.4. The molecular weight excluding hydrogens is 464 g/mol. The number of nitrogens with one attached hydrogen (secondary N) is 3. The fourth-order valence-corrected chi connectivity index (χ4v) is 4.56. The van der Waals surface area contributed by atoms with Gasteiger partial charge in [-0.2, -0.15) is 5.10 Å². The first kappa shape index (κ1) is 24.5. The summed E-state index contributed by atoms with van der Waals surface area (Å²) in [5, 5.41) is 14.0. The minimum absolute atomic E-state index is 0.0348. The molecule has 37 heavy (non-hydrogen) atoms. The molecule has 1 fully saturated rings. The van der Waals surface area contributed by atoms with Crippen molar-refractivity contribution in [3.8, 4) is 17.1 Å². The third-order valence-corrected chi connectivity index (χ3v) is 6.66. The molecule has 0 atom stereocenters.